The van der Waals surface area contributed by atoms with Crippen LogP contribution < -0.4 is 16.9 Å². The number of imidazole rings is 1. The number of carbonyl (C=O) groups excluding carboxylic acids is 6. The van der Waals surface area contributed by atoms with Gasteiger partial charge in [0.2, 0.25) is 11.8 Å². The van der Waals surface area contributed by atoms with E-state index in [0.717, 1.165) is 10.6 Å². The highest BCUT2D eigenvalue weighted by atomic mass is 79.9. The number of nitrogens with one attached hydrogen (secondary N) is 1. The first-order valence-corrected chi connectivity index (χ1v) is 31.5. The molecule has 0 bridgehead atoms. The first-order valence-electron chi connectivity index (χ1n) is 29.4. The molecule has 3 fully saturated rings. The molecular weight excluding hydrogens is 1380 g/mol. The normalized spacial score (nSPS) is 17.9. The highest BCUT2D eigenvalue weighted by molar-refractivity contribution is 9.10. The molecule has 19 nitrogen and oxygen atoms in total. The van der Waals surface area contributed by atoms with E-state index in [1.165, 1.54) is 50.9 Å². The molecule has 30 heteroatoms. The molecule has 6 aromatic carbocycles. The van der Waals surface area contributed by atoms with Gasteiger partial charge >= 0.3 is 7.12 Å². The second kappa shape index (κ2) is 30.3. The first-order chi connectivity index (χ1) is 44.8. The molecule has 96 heavy (non-hydrogen) atoms. The molecule has 3 saturated heterocycles. The van der Waals surface area contributed by atoms with Crippen LogP contribution in [-0.2, 0) is 83.2 Å². The van der Waals surface area contributed by atoms with Crippen molar-refractivity contribution in [2.75, 3.05) is 13.1 Å². The van der Waals surface area contributed by atoms with Gasteiger partial charge in [-0.1, -0.05) is 80.2 Å². The zero-order chi connectivity index (χ0) is 67.7. The SMILES string of the molecule is C.CC1(C)OB(c2cccc(CC(=O)[C@@H]3C[C@@H](F)CN3C(=O)Cn3nc(C(N)=O)c4ccccc43)c2F)OC1(C)C.Fc1c(Br)ccc2c1CC=N2.NC(=O)c1nn(CC(=O)N2C[C@H](F)C[C@H]2C(=O)Cc2cccc(-c3ccc4[nH]cnc4c3F)c2F)c2ccccc12.S.S=S. The van der Waals surface area contributed by atoms with Crippen LogP contribution in [0.5, 0.6) is 0 Å². The van der Waals surface area contributed by atoms with E-state index in [0.29, 0.717) is 43.8 Å². The number of Topliss-reactive ketones (excluding diaryl/α,β-unsaturated/α-hetero) is 2. The summed E-state index contributed by atoms with van der Waals surface area (Å²) in [6.07, 6.45) is -0.371. The maximum atomic E-state index is 15.6. The number of aromatic nitrogens is 6. The van der Waals surface area contributed by atoms with Crippen LogP contribution in [0.4, 0.5) is 32.0 Å². The van der Waals surface area contributed by atoms with Crippen molar-refractivity contribution in [1.29, 1.82) is 0 Å². The quantitative estimate of drug-likeness (QED) is 0.0678. The number of hydrogen-bond acceptors (Lipinski definition) is 14. The zero-order valence-corrected chi connectivity index (χ0v) is 55.5. The minimum atomic E-state index is -1.45. The van der Waals surface area contributed by atoms with Gasteiger partial charge in [-0.2, -0.15) is 23.7 Å². The summed E-state index contributed by atoms with van der Waals surface area (Å²) >= 11 is 10.5. The molecule has 0 saturated carbocycles. The van der Waals surface area contributed by atoms with Crippen LogP contribution >= 0.6 is 29.4 Å². The lowest BCUT2D eigenvalue weighted by Crippen LogP contribution is -2.43. The topological polar surface area (TPSA) is 256 Å². The lowest BCUT2D eigenvalue weighted by atomic mass is 9.77. The molecule has 4 atom stereocenters. The number of fused-ring (bicyclic) bond motifs is 4. The molecule has 13 rings (SSSR count). The van der Waals surface area contributed by atoms with Crippen molar-refractivity contribution >= 4 is 144 Å². The lowest BCUT2D eigenvalue weighted by molar-refractivity contribution is -0.138. The number of rotatable bonds is 14. The van der Waals surface area contributed by atoms with Gasteiger partial charge in [0.25, 0.3) is 11.8 Å². The fourth-order valence-electron chi connectivity index (χ4n) is 11.8. The van der Waals surface area contributed by atoms with Gasteiger partial charge in [-0.15, -0.1) is 0 Å². The maximum Gasteiger partial charge on any atom is 0.497 e. The second-order valence-electron chi connectivity index (χ2n) is 23.6. The summed E-state index contributed by atoms with van der Waals surface area (Å²) in [5.74, 6) is -5.99. The number of halogens is 7. The number of amides is 4. The van der Waals surface area contributed by atoms with Crippen molar-refractivity contribution in [2.45, 2.75) is 116 Å². The van der Waals surface area contributed by atoms with Gasteiger partial charge in [-0.3, -0.25) is 43.1 Å². The average molecular weight is 1440 g/mol. The van der Waals surface area contributed by atoms with Crippen LogP contribution in [0.25, 0.3) is 44.0 Å². The monoisotopic (exact) mass is 1440 g/mol. The Morgan fingerprint density at radius 1 is 0.646 bits per heavy atom. The number of aliphatic imine (C=N–C) groups is 1. The van der Waals surface area contributed by atoms with Gasteiger partial charge in [0, 0.05) is 93.6 Å². The summed E-state index contributed by atoms with van der Waals surface area (Å²) in [5.41, 5.74) is 12.7. The number of carbonyl (C=O) groups is 6. The Hall–Kier alpha value is -8.55. The number of hydrogen-bond donors (Lipinski definition) is 3. The molecule has 0 radical (unpaired) electrons. The van der Waals surface area contributed by atoms with E-state index < -0.39 is 102 Å². The summed E-state index contributed by atoms with van der Waals surface area (Å²) in [5, 5.41) is 9.28. The Morgan fingerprint density at radius 3 is 1.66 bits per heavy atom. The zero-order valence-electron chi connectivity index (χ0n) is 51.3. The first kappa shape index (κ1) is 73.3. The number of nitrogens with two attached hydrogens (primary N) is 2. The van der Waals surface area contributed by atoms with E-state index in [-0.39, 0.29) is 117 Å². The Bertz CT molecular complexity index is 4500. The number of para-hydroxylation sites is 2. The van der Waals surface area contributed by atoms with Crippen LogP contribution in [0.1, 0.15) is 85.6 Å². The summed E-state index contributed by atoms with van der Waals surface area (Å²) < 4.78 is 104. The number of alkyl halides is 2. The van der Waals surface area contributed by atoms with Crippen molar-refractivity contribution in [3.63, 3.8) is 0 Å². The van der Waals surface area contributed by atoms with Crippen LogP contribution in [-0.4, -0.2) is 137 Å². The van der Waals surface area contributed by atoms with E-state index in [1.807, 2.05) is 33.8 Å². The van der Waals surface area contributed by atoms with Crippen molar-refractivity contribution in [1.82, 2.24) is 39.3 Å². The number of benzene rings is 6. The van der Waals surface area contributed by atoms with Crippen molar-refractivity contribution in [3.8, 4) is 11.1 Å². The highest BCUT2D eigenvalue weighted by Gasteiger charge is 2.53. The summed E-state index contributed by atoms with van der Waals surface area (Å²) in [4.78, 5) is 90.0. The third-order valence-corrected chi connectivity index (χ3v) is 17.8. The molecule has 0 unspecified atom stereocenters. The van der Waals surface area contributed by atoms with Crippen molar-refractivity contribution in [2.24, 2.45) is 16.5 Å². The van der Waals surface area contributed by atoms with Crippen LogP contribution in [0.3, 0.4) is 0 Å². The van der Waals surface area contributed by atoms with Gasteiger partial charge in [-0.25, -0.2) is 31.3 Å². The molecule has 3 aromatic heterocycles. The van der Waals surface area contributed by atoms with Crippen molar-refractivity contribution < 1.29 is 64.4 Å². The second-order valence-corrected chi connectivity index (χ2v) is 24.5. The number of aromatic amines is 1. The molecule has 5 N–H and O–H groups in total. The van der Waals surface area contributed by atoms with Gasteiger partial charge in [-0.05, 0) is 91.1 Å². The van der Waals surface area contributed by atoms with Gasteiger partial charge in [0.15, 0.2) is 28.8 Å². The number of H-pyrrole nitrogens is 1. The molecule has 4 amide bonds. The minimum absolute atomic E-state index is 0. The Kier molecular flexibility index (Phi) is 23.1. The Balaban J connectivity index is 0.000000203. The number of ketones is 2. The summed E-state index contributed by atoms with van der Waals surface area (Å²) in [6, 6.07) is 26.7. The van der Waals surface area contributed by atoms with E-state index in [1.54, 1.807) is 79.0 Å². The fraction of sp³-hybridized carbons (Fsp3) is 0.303. The predicted octanol–water partition coefficient (Wildman–Crippen LogP) is 9.62. The molecule has 4 aliphatic rings. The van der Waals surface area contributed by atoms with Gasteiger partial charge in [0.1, 0.15) is 48.4 Å². The van der Waals surface area contributed by atoms with E-state index in [2.05, 4.69) is 63.5 Å². The van der Waals surface area contributed by atoms with Crippen LogP contribution in [0.15, 0.2) is 125 Å². The fourth-order valence-corrected chi connectivity index (χ4v) is 12.1. The van der Waals surface area contributed by atoms with Gasteiger partial charge < -0.3 is 35.6 Å². The van der Waals surface area contributed by atoms with E-state index >= 15 is 13.2 Å². The summed E-state index contributed by atoms with van der Waals surface area (Å²) in [7, 11) is -0.950. The Labute approximate surface area is 572 Å². The molecule has 7 heterocycles. The van der Waals surface area contributed by atoms with E-state index in [4.69, 9.17) is 20.8 Å². The average Bonchev–Trinajstić information content (AvgIpc) is 1.53. The number of primary amides is 2. The maximum absolute atomic E-state index is 15.6. The number of nitrogens with zero attached hydrogens (tertiary/aromatic N) is 8. The number of likely N-dealkylation sites (tertiary alicyclic amines) is 2. The molecule has 502 valence electrons. The third-order valence-electron chi connectivity index (χ3n) is 17.2. The third kappa shape index (κ3) is 14.9. The molecule has 0 aliphatic carbocycles. The molecule has 9 aromatic rings. The van der Waals surface area contributed by atoms with Crippen molar-refractivity contribution in [3.05, 3.63) is 171 Å². The van der Waals surface area contributed by atoms with Gasteiger partial charge in [0.05, 0.1) is 69.4 Å². The summed E-state index contributed by atoms with van der Waals surface area (Å²) in [6.45, 7) is 6.17. The minimum Gasteiger partial charge on any atom is -0.399 e. The standard InChI is InChI=1S/C29H23F3N6O3.C28H31BF2N4O5.C8H5BrFN.CH4.S2.H2S/c30-16-11-22(37(12-16)24(40)13-38-21-7-2-1-5-19(21)27(36-38)29(33)41)23(39)10-15-4-3-6-17(25(15)31)18-8-9-20-28(26(18)32)35-14-34-20;1-27(2)28(3,4)40-29(39-27)19-10-7-8-16(24(19)31)12-22(36)21-13-17(30)14-34(21)23(37)15-35-20-11-6-5-9-18(20)25(33-35)26(32)38;9-6-1-2-7-5(8(6)10)3-4-11-7;;1-2;/h1-9,14,16,22H,10-13H2,(H2,33,41)(H,34,35);5-11,17,21H,12-15H2,1-4H3,(H2,32,38);1-2,4H,3H2;1H4;;1H2/t16-,22+;17-,21+;;;;/m11..../s1. The highest BCUT2D eigenvalue weighted by Crippen LogP contribution is 2.38. The lowest BCUT2D eigenvalue weighted by Gasteiger charge is -2.32. The van der Waals surface area contributed by atoms with E-state index in [9.17, 15) is 41.9 Å². The smallest absolute Gasteiger partial charge is 0.399 e. The Morgan fingerprint density at radius 2 is 1.14 bits per heavy atom. The molecule has 4 aliphatic heterocycles. The largest absolute Gasteiger partial charge is 0.497 e. The van der Waals surface area contributed by atoms with Crippen LogP contribution in [0.2, 0.25) is 0 Å². The predicted molar refractivity (Wildman–Crippen MR) is 365 cm³/mol. The molecular formula is C66H65BBrF6N11O8S3. The van der Waals surface area contributed by atoms with Crippen LogP contribution in [0, 0.1) is 23.3 Å². The molecule has 0 spiro atoms.